The monoisotopic (exact) mass is 146 g/mol. The van der Waals surface area contributed by atoms with Gasteiger partial charge < -0.3 is 9.47 Å². The molecule has 2 aliphatic rings. The summed E-state index contributed by atoms with van der Waals surface area (Å²) < 4.78 is 10.3. The van der Waals surface area contributed by atoms with Crippen LogP contribution in [-0.4, -0.2) is 36.4 Å². The van der Waals surface area contributed by atoms with Crippen molar-refractivity contribution in [1.82, 2.24) is 0 Å². The van der Waals surface area contributed by atoms with E-state index in [1.807, 2.05) is 0 Å². The number of ether oxygens (including phenoxy) is 2. The van der Waals surface area contributed by atoms with Gasteiger partial charge in [0.25, 0.3) is 0 Å². The molecule has 1 aliphatic heterocycles. The largest absolute Gasteiger partial charge is 0.375 e. The molecule has 3 heteroatoms. The van der Waals surface area contributed by atoms with E-state index in [0.29, 0.717) is 12.2 Å². The van der Waals surface area contributed by atoms with Gasteiger partial charge in [0, 0.05) is 0 Å². The van der Waals surface area contributed by atoms with E-state index in [9.17, 15) is 0 Å². The molecule has 9 heavy (non-hydrogen) atoms. The van der Waals surface area contributed by atoms with Crippen LogP contribution in [0.1, 0.15) is 12.8 Å². The van der Waals surface area contributed by atoms with E-state index in [1.54, 1.807) is 0 Å². The van der Waals surface area contributed by atoms with Crippen molar-refractivity contribution in [3.63, 3.8) is 0 Å². The molecule has 0 amide bonds. The predicted molar refractivity (Wildman–Crippen MR) is 40.0 cm³/mol. The minimum absolute atomic E-state index is 0. The molecule has 0 aromatic heterocycles. The molecular formula is C6H14O2Si. The molecule has 2 rings (SSSR count). The fourth-order valence-corrected chi connectivity index (χ4v) is 0.642. The maximum absolute atomic E-state index is 5.35. The smallest absolute Gasteiger partial charge is 0.104 e. The summed E-state index contributed by atoms with van der Waals surface area (Å²) in [4.78, 5) is 0. The highest BCUT2D eigenvalue weighted by Crippen LogP contribution is 2.24. The van der Waals surface area contributed by atoms with E-state index in [1.165, 1.54) is 12.8 Å². The Labute approximate surface area is 59.6 Å². The highest BCUT2D eigenvalue weighted by Gasteiger charge is 2.28. The Balaban J connectivity index is 0.000000405. The number of epoxide rings is 1. The fourth-order valence-electron chi connectivity index (χ4n) is 0.642. The summed E-state index contributed by atoms with van der Waals surface area (Å²) in [5.74, 6) is 0. The molecule has 1 saturated heterocycles. The van der Waals surface area contributed by atoms with Crippen LogP contribution < -0.4 is 0 Å². The van der Waals surface area contributed by atoms with Gasteiger partial charge in [-0.05, 0) is 23.8 Å². The predicted octanol–water partition coefficient (Wildman–Crippen LogP) is -0.887. The summed E-state index contributed by atoms with van der Waals surface area (Å²) in [6.07, 6.45) is 3.59. The van der Waals surface area contributed by atoms with Gasteiger partial charge in [-0.2, -0.15) is 0 Å². The Hall–Kier alpha value is 0.137. The molecule has 0 N–H and O–H groups in total. The molecule has 0 bridgehead atoms. The fraction of sp³-hybridized carbons (Fsp3) is 1.00. The van der Waals surface area contributed by atoms with Gasteiger partial charge in [-0.25, -0.2) is 0 Å². The third-order valence-electron chi connectivity index (χ3n) is 1.44. The zero-order chi connectivity index (χ0) is 5.40. The van der Waals surface area contributed by atoms with Crippen LogP contribution in [-0.2, 0) is 9.47 Å². The van der Waals surface area contributed by atoms with Crippen molar-refractivity contribution in [3.05, 3.63) is 0 Å². The minimum atomic E-state index is 0. The van der Waals surface area contributed by atoms with Crippen molar-refractivity contribution in [1.29, 1.82) is 0 Å². The van der Waals surface area contributed by atoms with E-state index >= 15 is 0 Å². The van der Waals surface area contributed by atoms with E-state index < -0.39 is 0 Å². The Morgan fingerprint density at radius 1 is 1.44 bits per heavy atom. The number of hydrogen-bond donors (Lipinski definition) is 0. The van der Waals surface area contributed by atoms with Crippen LogP contribution in [0.3, 0.4) is 0 Å². The lowest BCUT2D eigenvalue weighted by atomic mass is 10.5. The van der Waals surface area contributed by atoms with Gasteiger partial charge in [-0.15, -0.1) is 0 Å². The highest BCUT2D eigenvalue weighted by molar-refractivity contribution is 5.75. The molecule has 54 valence electrons. The first-order valence-corrected chi connectivity index (χ1v) is 3.18. The lowest BCUT2D eigenvalue weighted by Gasteiger charge is -1.94. The maximum atomic E-state index is 5.35. The third-order valence-corrected chi connectivity index (χ3v) is 1.44. The molecule has 1 unspecified atom stereocenters. The van der Waals surface area contributed by atoms with Crippen LogP contribution in [0.15, 0.2) is 0 Å². The Bertz CT molecular complexity index is 77.1. The average Bonchev–Trinajstić information content (AvgIpc) is 2.60. The summed E-state index contributed by atoms with van der Waals surface area (Å²) in [5.41, 5.74) is 0. The highest BCUT2D eigenvalue weighted by atomic mass is 28.1. The Morgan fingerprint density at radius 2 is 2.11 bits per heavy atom. The van der Waals surface area contributed by atoms with Crippen LogP contribution in [0.2, 0.25) is 0 Å². The van der Waals surface area contributed by atoms with Gasteiger partial charge in [-0.1, -0.05) is 0 Å². The summed E-state index contributed by atoms with van der Waals surface area (Å²) in [7, 11) is 0. The second-order valence-corrected chi connectivity index (χ2v) is 2.49. The van der Waals surface area contributed by atoms with Crippen molar-refractivity contribution in [3.8, 4) is 0 Å². The summed E-state index contributed by atoms with van der Waals surface area (Å²) in [6.45, 7) is 1.76. The Morgan fingerprint density at radius 3 is 2.56 bits per heavy atom. The van der Waals surface area contributed by atoms with Crippen LogP contribution in [0, 0.1) is 0 Å². The van der Waals surface area contributed by atoms with Crippen LogP contribution in [0.5, 0.6) is 0 Å². The van der Waals surface area contributed by atoms with E-state index in [4.69, 9.17) is 9.47 Å². The topological polar surface area (TPSA) is 21.8 Å². The van der Waals surface area contributed by atoms with Crippen LogP contribution in [0.25, 0.3) is 0 Å². The standard InChI is InChI=1S/C6H10O2.H4Si/c1-2-5(1)7-3-6-4-8-6;/h5-6H,1-4H2;1H4. The quantitative estimate of drug-likeness (QED) is 0.381. The molecule has 0 spiro atoms. The van der Waals surface area contributed by atoms with Gasteiger partial charge >= 0.3 is 0 Å². The second kappa shape index (κ2) is 2.81. The first-order chi connectivity index (χ1) is 3.95. The zero-order valence-electron chi connectivity index (χ0n) is 4.80. The summed E-state index contributed by atoms with van der Waals surface area (Å²) in [6, 6.07) is 0. The lowest BCUT2D eigenvalue weighted by molar-refractivity contribution is 0.103. The molecule has 1 saturated carbocycles. The van der Waals surface area contributed by atoms with E-state index in [0.717, 1.165) is 13.2 Å². The Kier molecular flexibility index (Phi) is 2.27. The second-order valence-electron chi connectivity index (χ2n) is 2.49. The maximum Gasteiger partial charge on any atom is 0.104 e. The minimum Gasteiger partial charge on any atom is -0.375 e. The summed E-state index contributed by atoms with van der Waals surface area (Å²) >= 11 is 0. The number of rotatable bonds is 3. The van der Waals surface area contributed by atoms with E-state index in [-0.39, 0.29) is 11.0 Å². The van der Waals surface area contributed by atoms with Gasteiger partial charge in [0.2, 0.25) is 0 Å². The normalized spacial score (nSPS) is 31.3. The van der Waals surface area contributed by atoms with Crippen molar-refractivity contribution >= 4 is 11.0 Å². The molecule has 0 aromatic rings. The van der Waals surface area contributed by atoms with Crippen molar-refractivity contribution in [2.24, 2.45) is 0 Å². The van der Waals surface area contributed by atoms with Crippen molar-refractivity contribution < 1.29 is 9.47 Å². The van der Waals surface area contributed by atoms with E-state index in [2.05, 4.69) is 0 Å². The third kappa shape index (κ3) is 2.47. The lowest BCUT2D eigenvalue weighted by Crippen LogP contribution is -2.01. The van der Waals surface area contributed by atoms with Crippen molar-refractivity contribution in [2.75, 3.05) is 13.2 Å². The van der Waals surface area contributed by atoms with Crippen molar-refractivity contribution in [2.45, 2.75) is 25.0 Å². The molecule has 1 atom stereocenters. The first-order valence-electron chi connectivity index (χ1n) is 3.18. The molecule has 0 aromatic carbocycles. The zero-order valence-corrected chi connectivity index (χ0v) is 4.80. The number of hydrogen-bond acceptors (Lipinski definition) is 2. The SMILES string of the molecule is C1CC1OCC1CO1.[SiH4]. The van der Waals surface area contributed by atoms with Gasteiger partial charge in [0.15, 0.2) is 0 Å². The van der Waals surface area contributed by atoms with Crippen LogP contribution in [0.4, 0.5) is 0 Å². The molecular weight excluding hydrogens is 132 g/mol. The molecule has 1 aliphatic carbocycles. The molecule has 2 nitrogen and oxygen atoms in total. The first kappa shape index (κ1) is 7.25. The van der Waals surface area contributed by atoms with Crippen LogP contribution >= 0.6 is 0 Å². The average molecular weight is 146 g/mol. The van der Waals surface area contributed by atoms with Gasteiger partial charge in [0.05, 0.1) is 19.3 Å². The molecule has 2 fully saturated rings. The molecule has 1 heterocycles. The van der Waals surface area contributed by atoms with Gasteiger partial charge in [0.1, 0.15) is 6.10 Å². The summed E-state index contributed by atoms with van der Waals surface area (Å²) in [5, 5.41) is 0. The molecule has 0 radical (unpaired) electrons. The van der Waals surface area contributed by atoms with Gasteiger partial charge in [-0.3, -0.25) is 0 Å².